The quantitative estimate of drug-likeness (QED) is 0.721. The number of carbonyl (C=O) groups excluding carboxylic acids is 1. The molecule has 2 N–H and O–H groups in total. The molecule has 0 atom stereocenters. The van der Waals surface area contributed by atoms with Gasteiger partial charge in [-0.15, -0.1) is 0 Å². The fraction of sp³-hybridized carbons (Fsp3) is 0.400. The van der Waals surface area contributed by atoms with Crippen LogP contribution in [0.15, 0.2) is 23.0 Å². The lowest BCUT2D eigenvalue weighted by molar-refractivity contribution is 0.0733. The van der Waals surface area contributed by atoms with Crippen LogP contribution < -0.4 is 5.32 Å². The highest BCUT2D eigenvalue weighted by atomic mass is 16.3. The standard InChI is InChI=1S/C20H21N5O3/c1-11-15(16-17(24-20(2)4-5-20)22-10-23-18(16)28-11)19(27)25-6-3-14-12(9-25)7-13(26)8-21-14/h7-8,10,26H,3-6,9H2,1-2H3,(H,22,23,24). The van der Waals surface area contributed by atoms with Crippen LogP contribution in [0.4, 0.5) is 5.82 Å². The van der Waals surface area contributed by atoms with Gasteiger partial charge in [0, 0.05) is 30.7 Å². The topological polar surface area (TPSA) is 104 Å². The number of aryl methyl sites for hydroxylation is 1. The molecular formula is C20H21N5O3. The first kappa shape index (κ1) is 17.0. The Kier molecular flexibility index (Phi) is 3.59. The Morgan fingerprint density at radius 1 is 1.32 bits per heavy atom. The third kappa shape index (κ3) is 2.76. The number of aromatic hydroxyl groups is 1. The van der Waals surface area contributed by atoms with Crippen LogP contribution in [0.2, 0.25) is 0 Å². The summed E-state index contributed by atoms with van der Waals surface area (Å²) in [5, 5.41) is 13.8. The highest BCUT2D eigenvalue weighted by molar-refractivity contribution is 6.10. The summed E-state index contributed by atoms with van der Waals surface area (Å²) in [6.07, 6.45) is 5.68. The third-order valence-electron chi connectivity index (χ3n) is 5.61. The van der Waals surface area contributed by atoms with Gasteiger partial charge in [-0.1, -0.05) is 0 Å². The summed E-state index contributed by atoms with van der Waals surface area (Å²) < 4.78 is 5.78. The summed E-state index contributed by atoms with van der Waals surface area (Å²) in [6.45, 7) is 4.87. The van der Waals surface area contributed by atoms with E-state index in [1.54, 1.807) is 17.9 Å². The Hall–Kier alpha value is -3.16. The average molecular weight is 379 g/mol. The maximum atomic E-state index is 13.4. The first-order valence-corrected chi connectivity index (χ1v) is 9.42. The normalized spacial score (nSPS) is 17.4. The maximum Gasteiger partial charge on any atom is 0.258 e. The van der Waals surface area contributed by atoms with E-state index in [-0.39, 0.29) is 17.2 Å². The maximum absolute atomic E-state index is 13.4. The van der Waals surface area contributed by atoms with E-state index in [4.69, 9.17) is 4.42 Å². The van der Waals surface area contributed by atoms with Crippen molar-refractivity contribution in [3.05, 3.63) is 41.2 Å². The largest absolute Gasteiger partial charge is 0.506 e. The predicted octanol–water partition coefficient (Wildman–Crippen LogP) is 2.79. The van der Waals surface area contributed by atoms with Gasteiger partial charge in [0.1, 0.15) is 23.7 Å². The lowest BCUT2D eigenvalue weighted by Gasteiger charge is -2.28. The van der Waals surface area contributed by atoms with Crippen molar-refractivity contribution in [1.82, 2.24) is 19.9 Å². The van der Waals surface area contributed by atoms with Crippen molar-refractivity contribution in [2.45, 2.75) is 45.2 Å². The monoisotopic (exact) mass is 379 g/mol. The van der Waals surface area contributed by atoms with E-state index < -0.39 is 0 Å². The van der Waals surface area contributed by atoms with E-state index in [1.165, 1.54) is 12.5 Å². The highest BCUT2D eigenvalue weighted by Gasteiger charge is 2.39. The average Bonchev–Trinajstić information content (AvgIpc) is 3.29. The van der Waals surface area contributed by atoms with Crippen molar-refractivity contribution in [3.8, 4) is 5.75 Å². The lowest BCUT2D eigenvalue weighted by atomic mass is 10.0. The van der Waals surface area contributed by atoms with Crippen LogP contribution in [0, 0.1) is 6.92 Å². The molecule has 1 fully saturated rings. The SMILES string of the molecule is Cc1oc2ncnc(NC3(C)CC3)c2c1C(=O)N1CCc2ncc(O)cc2C1. The van der Waals surface area contributed by atoms with Gasteiger partial charge in [-0.25, -0.2) is 9.97 Å². The van der Waals surface area contributed by atoms with E-state index in [0.29, 0.717) is 47.8 Å². The molecular weight excluding hydrogens is 358 g/mol. The van der Waals surface area contributed by atoms with Crippen molar-refractivity contribution in [2.24, 2.45) is 0 Å². The molecule has 2 aliphatic rings. The second-order valence-electron chi connectivity index (χ2n) is 7.90. The number of rotatable bonds is 3. The zero-order valence-electron chi connectivity index (χ0n) is 15.8. The number of carbonyl (C=O) groups is 1. The van der Waals surface area contributed by atoms with Crippen molar-refractivity contribution in [3.63, 3.8) is 0 Å². The van der Waals surface area contributed by atoms with E-state index in [9.17, 15) is 9.90 Å². The molecule has 1 aliphatic heterocycles. The molecule has 1 aliphatic carbocycles. The Labute approximate surface area is 161 Å². The zero-order chi connectivity index (χ0) is 19.5. The van der Waals surface area contributed by atoms with Gasteiger partial charge >= 0.3 is 0 Å². The number of anilines is 1. The molecule has 3 aromatic rings. The Morgan fingerprint density at radius 2 is 2.14 bits per heavy atom. The van der Waals surface area contributed by atoms with Crippen LogP contribution in [-0.2, 0) is 13.0 Å². The number of hydrogen-bond acceptors (Lipinski definition) is 7. The van der Waals surface area contributed by atoms with Gasteiger partial charge in [-0.2, -0.15) is 0 Å². The van der Waals surface area contributed by atoms with Crippen LogP contribution in [0.25, 0.3) is 11.1 Å². The minimum Gasteiger partial charge on any atom is -0.506 e. The summed E-state index contributed by atoms with van der Waals surface area (Å²) >= 11 is 0. The molecule has 1 saturated carbocycles. The Bertz CT molecular complexity index is 1100. The third-order valence-corrected chi connectivity index (χ3v) is 5.61. The zero-order valence-corrected chi connectivity index (χ0v) is 15.8. The highest BCUT2D eigenvalue weighted by Crippen LogP contribution is 2.40. The lowest BCUT2D eigenvalue weighted by Crippen LogP contribution is -2.36. The molecule has 5 rings (SSSR count). The smallest absolute Gasteiger partial charge is 0.258 e. The van der Waals surface area contributed by atoms with Crippen molar-refractivity contribution < 1.29 is 14.3 Å². The van der Waals surface area contributed by atoms with E-state index in [2.05, 4.69) is 27.2 Å². The van der Waals surface area contributed by atoms with Gasteiger partial charge in [0.05, 0.1) is 17.1 Å². The first-order chi connectivity index (χ1) is 13.4. The van der Waals surface area contributed by atoms with Crippen LogP contribution in [0.1, 0.15) is 47.1 Å². The molecule has 3 aromatic heterocycles. The van der Waals surface area contributed by atoms with E-state index >= 15 is 0 Å². The van der Waals surface area contributed by atoms with Crippen LogP contribution in [-0.4, -0.2) is 42.9 Å². The molecule has 144 valence electrons. The fourth-order valence-electron chi connectivity index (χ4n) is 3.74. The summed E-state index contributed by atoms with van der Waals surface area (Å²) in [6, 6.07) is 1.67. The van der Waals surface area contributed by atoms with Crippen molar-refractivity contribution >= 4 is 22.8 Å². The van der Waals surface area contributed by atoms with Gasteiger partial charge < -0.3 is 19.7 Å². The van der Waals surface area contributed by atoms with Gasteiger partial charge in [-0.05, 0) is 38.3 Å². The minimum atomic E-state index is -0.121. The molecule has 0 spiro atoms. The Morgan fingerprint density at radius 3 is 2.93 bits per heavy atom. The summed E-state index contributed by atoms with van der Waals surface area (Å²) in [7, 11) is 0. The van der Waals surface area contributed by atoms with E-state index in [1.807, 2.05) is 0 Å². The molecule has 8 heteroatoms. The van der Waals surface area contributed by atoms with Gasteiger partial charge in [-0.3, -0.25) is 9.78 Å². The molecule has 0 saturated heterocycles. The number of furan rings is 1. The first-order valence-electron chi connectivity index (χ1n) is 9.42. The molecule has 0 unspecified atom stereocenters. The number of nitrogens with zero attached hydrogens (tertiary/aromatic N) is 4. The van der Waals surface area contributed by atoms with Crippen molar-refractivity contribution in [2.75, 3.05) is 11.9 Å². The van der Waals surface area contributed by atoms with Crippen molar-refractivity contribution in [1.29, 1.82) is 0 Å². The molecule has 4 heterocycles. The number of aromatic nitrogens is 3. The summed E-state index contributed by atoms with van der Waals surface area (Å²) in [5.41, 5.74) is 2.71. The number of nitrogens with one attached hydrogen (secondary N) is 1. The Balaban J connectivity index is 1.54. The number of pyridine rings is 1. The number of hydrogen-bond donors (Lipinski definition) is 2. The summed E-state index contributed by atoms with van der Waals surface area (Å²) in [5.74, 6) is 1.16. The molecule has 0 radical (unpaired) electrons. The molecule has 8 nitrogen and oxygen atoms in total. The van der Waals surface area contributed by atoms with Crippen LogP contribution >= 0.6 is 0 Å². The number of fused-ring (bicyclic) bond motifs is 2. The molecule has 0 aromatic carbocycles. The minimum absolute atomic E-state index is 0.0139. The van der Waals surface area contributed by atoms with Gasteiger partial charge in [0.2, 0.25) is 5.71 Å². The van der Waals surface area contributed by atoms with Gasteiger partial charge in [0.25, 0.3) is 5.91 Å². The van der Waals surface area contributed by atoms with Crippen LogP contribution in [0.5, 0.6) is 5.75 Å². The van der Waals surface area contributed by atoms with Gasteiger partial charge in [0.15, 0.2) is 0 Å². The predicted molar refractivity (Wildman–Crippen MR) is 102 cm³/mol. The summed E-state index contributed by atoms with van der Waals surface area (Å²) in [4.78, 5) is 28.1. The second kappa shape index (κ2) is 5.92. The number of amides is 1. The second-order valence-corrected chi connectivity index (χ2v) is 7.90. The van der Waals surface area contributed by atoms with Crippen LogP contribution in [0.3, 0.4) is 0 Å². The fourth-order valence-corrected chi connectivity index (χ4v) is 3.74. The molecule has 0 bridgehead atoms. The molecule has 28 heavy (non-hydrogen) atoms. The molecule has 1 amide bonds. The van der Waals surface area contributed by atoms with E-state index in [0.717, 1.165) is 24.1 Å².